The Morgan fingerprint density at radius 2 is 1.15 bits per heavy atom. The minimum atomic E-state index is -1.17. The first kappa shape index (κ1) is 53.0. The first-order chi connectivity index (χ1) is 42.4. The second-order valence-electron chi connectivity index (χ2n) is 21.2. The Kier molecular flexibility index (Phi) is 14.1. The lowest BCUT2D eigenvalue weighted by molar-refractivity contribution is 0.396. The van der Waals surface area contributed by atoms with Gasteiger partial charge in [-0.25, -0.2) is 10.1 Å². The van der Waals surface area contributed by atoms with Gasteiger partial charge in [-0.05, 0) is 246 Å². The molecule has 5 aliphatic rings. The highest BCUT2D eigenvalue weighted by Gasteiger charge is 2.50. The molecular formula is C81H46N4O. The molecule has 3 aliphatic heterocycles. The van der Waals surface area contributed by atoms with E-state index in [-0.39, 0.29) is 5.70 Å². The van der Waals surface area contributed by atoms with E-state index in [0.717, 1.165) is 128 Å². The smallest absolute Gasteiger partial charge is 0.269 e. The number of fused-ring (bicyclic) bond motifs is 6. The van der Waals surface area contributed by atoms with Gasteiger partial charge in [0.05, 0.1) is 23.8 Å². The van der Waals surface area contributed by atoms with Crippen LogP contribution in [0.3, 0.4) is 0 Å². The number of terminal acetylenes is 2. The third kappa shape index (κ3) is 9.46. The van der Waals surface area contributed by atoms with Crippen molar-refractivity contribution in [1.29, 1.82) is 5.26 Å². The SMILES string of the molecule is [C-]#[N+]/C(C#N)=C1C=C(/C=C/c2cc3c4c(c2)CCCN4CCC3)OC(c2ccc(C3(c4ccc(-c5cccc(-c6ccccn6)c5)cc4)c4ccccc4-c4cc5c(cc43)-c3ccccc3C5(C#CC#CC#CC#C)C#CC#CC#CC#C)cc2)=C/1. The Morgan fingerprint density at radius 1 is 0.558 bits per heavy atom. The standard InChI is InChI=1S/C81H46N4O/c1-4-6-8-10-12-19-44-80(45-20-13-11-9-7-5-2)72-31-16-14-29-68(72)70-55-75-71(54-74(70)80)69-30-15-17-32-73(69)81(75,65-39-35-58(36-40-65)60-25-22-26-61(51-60)76-33-18-21-46-84-76)66-41-37-59(38-42-66)78-53-64(77(56-82)83-3)52-67(86-78)43-34-57-49-62-27-23-47-85-48-24-28-63(50-57)79(62)85/h1-2,14-18,21-22,25-26,29-43,46,49-55H,23-24,27-28,47-48H2/b43-34+,77-64-. The summed E-state index contributed by atoms with van der Waals surface area (Å²) < 4.78 is 6.76. The number of hydrogen-bond acceptors (Lipinski definition) is 4. The van der Waals surface area contributed by atoms with Gasteiger partial charge in [0, 0.05) is 36.1 Å². The van der Waals surface area contributed by atoms with Gasteiger partial charge in [-0.1, -0.05) is 139 Å². The molecule has 0 fully saturated rings. The van der Waals surface area contributed by atoms with Gasteiger partial charge in [-0.3, -0.25) is 4.98 Å². The number of anilines is 1. The fourth-order valence-electron chi connectivity index (χ4n) is 13.0. The molecule has 0 saturated heterocycles. The van der Waals surface area contributed by atoms with E-state index in [4.69, 9.17) is 24.2 Å². The van der Waals surface area contributed by atoms with Crippen molar-refractivity contribution < 1.29 is 4.74 Å². The lowest BCUT2D eigenvalue weighted by atomic mass is 9.67. The zero-order chi connectivity index (χ0) is 58.5. The lowest BCUT2D eigenvalue weighted by Crippen LogP contribution is -2.34. The van der Waals surface area contributed by atoms with Crippen LogP contribution in [-0.4, -0.2) is 18.1 Å². The average molecular weight is 1090 g/mol. The second-order valence-corrected chi connectivity index (χ2v) is 21.2. The van der Waals surface area contributed by atoms with Gasteiger partial charge >= 0.3 is 0 Å². The molecule has 0 spiro atoms. The third-order valence-electron chi connectivity index (χ3n) is 16.5. The van der Waals surface area contributed by atoms with Crippen LogP contribution in [0.25, 0.3) is 61.3 Å². The molecule has 5 nitrogen and oxygen atoms in total. The van der Waals surface area contributed by atoms with Crippen LogP contribution in [0.4, 0.5) is 5.69 Å². The highest BCUT2D eigenvalue weighted by molar-refractivity contribution is 5.95. The van der Waals surface area contributed by atoms with E-state index in [1.165, 1.54) is 16.8 Å². The van der Waals surface area contributed by atoms with E-state index < -0.39 is 10.8 Å². The van der Waals surface area contributed by atoms with Gasteiger partial charge in [0.25, 0.3) is 5.70 Å². The van der Waals surface area contributed by atoms with Crippen LogP contribution in [-0.2, 0) is 28.4 Å². The lowest BCUT2D eigenvalue weighted by Gasteiger charge is -2.37. The van der Waals surface area contributed by atoms with E-state index in [1.54, 1.807) is 12.2 Å². The van der Waals surface area contributed by atoms with Crippen molar-refractivity contribution >= 4 is 17.5 Å². The van der Waals surface area contributed by atoms with Gasteiger partial charge in [-0.15, -0.1) is 12.8 Å². The zero-order valence-electron chi connectivity index (χ0n) is 46.6. The summed E-state index contributed by atoms with van der Waals surface area (Å²) in [7, 11) is 0. The molecule has 5 heteroatoms. The van der Waals surface area contributed by atoms with Gasteiger partial charge in [0.1, 0.15) is 16.9 Å². The summed E-state index contributed by atoms with van der Waals surface area (Å²) in [5, 5.41) is 10.2. The van der Waals surface area contributed by atoms with Crippen LogP contribution in [0, 0.1) is 114 Å². The molecule has 4 heterocycles. The van der Waals surface area contributed by atoms with Crippen molar-refractivity contribution in [1.82, 2.24) is 4.98 Å². The maximum absolute atomic E-state index is 10.2. The van der Waals surface area contributed by atoms with Crippen molar-refractivity contribution in [2.75, 3.05) is 18.0 Å². The van der Waals surface area contributed by atoms with Crippen LogP contribution >= 0.6 is 0 Å². The maximum atomic E-state index is 10.2. The molecule has 0 radical (unpaired) electrons. The molecule has 1 atom stereocenters. The van der Waals surface area contributed by atoms with E-state index in [1.807, 2.05) is 42.6 Å². The molecule has 0 bridgehead atoms. The number of allylic oxidation sites excluding steroid dienone is 5. The van der Waals surface area contributed by atoms with Crippen molar-refractivity contribution in [2.45, 2.75) is 36.5 Å². The quantitative estimate of drug-likeness (QED) is 0.0907. The Labute approximate surface area is 503 Å². The van der Waals surface area contributed by atoms with Gasteiger partial charge in [-0.2, -0.15) is 0 Å². The van der Waals surface area contributed by atoms with Crippen molar-refractivity contribution in [2.24, 2.45) is 0 Å². The molecule has 86 heavy (non-hydrogen) atoms. The second kappa shape index (κ2) is 22.9. The number of aryl methyl sites for hydroxylation is 2. The minimum Gasteiger partial charge on any atom is -0.457 e. The molecule has 2 aliphatic carbocycles. The predicted molar refractivity (Wildman–Crippen MR) is 344 cm³/mol. The van der Waals surface area contributed by atoms with Crippen LogP contribution in [0.1, 0.15) is 68.5 Å². The summed E-state index contributed by atoms with van der Waals surface area (Å²) in [4.78, 5) is 10.8. The molecule has 0 saturated carbocycles. The summed E-state index contributed by atoms with van der Waals surface area (Å²) in [6.07, 6.45) is 24.6. The van der Waals surface area contributed by atoms with E-state index in [2.05, 4.69) is 243 Å². The van der Waals surface area contributed by atoms with Crippen LogP contribution in [0.2, 0.25) is 0 Å². The monoisotopic (exact) mass is 1090 g/mol. The number of nitrogens with zero attached hydrogens (tertiary/aromatic N) is 4. The molecule has 7 aromatic carbocycles. The fourth-order valence-corrected chi connectivity index (χ4v) is 13.0. The van der Waals surface area contributed by atoms with E-state index in [0.29, 0.717) is 17.1 Å². The van der Waals surface area contributed by atoms with Crippen molar-refractivity contribution in [3.8, 4) is 146 Å². The Hall–Kier alpha value is -12.3. The maximum Gasteiger partial charge on any atom is 0.269 e. The van der Waals surface area contributed by atoms with Crippen LogP contribution in [0.5, 0.6) is 0 Å². The van der Waals surface area contributed by atoms with E-state index in [9.17, 15) is 5.26 Å². The summed E-state index contributed by atoms with van der Waals surface area (Å²) in [6.45, 7) is 10.2. The van der Waals surface area contributed by atoms with Crippen molar-refractivity contribution in [3.63, 3.8) is 0 Å². The van der Waals surface area contributed by atoms with Gasteiger partial charge in [0.15, 0.2) is 0 Å². The first-order valence-electron chi connectivity index (χ1n) is 28.2. The minimum absolute atomic E-state index is 0.0173. The first-order valence-corrected chi connectivity index (χ1v) is 28.2. The Balaban J connectivity index is 0.973. The topological polar surface area (TPSA) is 53.5 Å². The number of benzene rings is 7. The molecule has 8 aromatic rings. The average Bonchev–Trinajstić information content (AvgIpc) is 1.52. The molecule has 396 valence electrons. The van der Waals surface area contributed by atoms with Crippen LogP contribution in [0.15, 0.2) is 205 Å². The Bertz CT molecular complexity index is 4810. The number of nitriles is 1. The number of hydrogen-bond donors (Lipinski definition) is 0. The predicted octanol–water partition coefficient (Wildman–Crippen LogP) is 14.7. The molecule has 13 rings (SSSR count). The van der Waals surface area contributed by atoms with E-state index >= 15 is 0 Å². The number of rotatable bonds is 7. The molecule has 0 N–H and O–H groups in total. The molecule has 1 aromatic heterocycles. The Morgan fingerprint density at radius 3 is 1.80 bits per heavy atom. The fraction of sp³-hybridized carbons (Fsp3) is 0.0988. The molecule has 1 unspecified atom stereocenters. The van der Waals surface area contributed by atoms with Gasteiger partial charge < -0.3 is 9.64 Å². The molecular weight excluding hydrogens is 1040 g/mol. The largest absolute Gasteiger partial charge is 0.457 e. The number of ether oxygens (including phenoxy) is 1. The van der Waals surface area contributed by atoms with Crippen LogP contribution < -0.4 is 4.90 Å². The zero-order valence-corrected chi connectivity index (χ0v) is 46.6. The number of pyridine rings is 1. The summed E-state index contributed by atoms with van der Waals surface area (Å²) in [5.41, 5.74) is 18.6. The third-order valence-corrected chi connectivity index (χ3v) is 16.5. The summed E-state index contributed by atoms with van der Waals surface area (Å²) in [6, 6.07) is 60.0. The van der Waals surface area contributed by atoms with Gasteiger partial charge in [0.2, 0.25) is 0 Å². The summed E-state index contributed by atoms with van der Waals surface area (Å²) in [5.74, 6) is 40.6. The summed E-state index contributed by atoms with van der Waals surface area (Å²) >= 11 is 0. The number of aromatic nitrogens is 1. The normalized spacial score (nSPS) is 15.9. The highest BCUT2D eigenvalue weighted by Crippen LogP contribution is 2.60. The highest BCUT2D eigenvalue weighted by atomic mass is 16.5. The molecule has 0 amide bonds. The van der Waals surface area contributed by atoms with Crippen molar-refractivity contribution in [3.05, 3.63) is 272 Å².